The molecule has 148 valence electrons. The number of hydrogen-bond acceptors (Lipinski definition) is 2. The van der Waals surface area contributed by atoms with Gasteiger partial charge in [-0.05, 0) is 54.6 Å². The summed E-state index contributed by atoms with van der Waals surface area (Å²) in [6.45, 7) is 0. The topological polar surface area (TPSA) is 70.2 Å². The average molecular weight is 399 g/mol. The maximum atomic E-state index is 12.8. The fraction of sp³-hybridized carbons (Fsp3) is 0.0476. The molecule has 0 aromatic heterocycles. The molecule has 3 aromatic carbocycles. The number of halogens is 3. The molecule has 0 atom stereocenters. The Morgan fingerprint density at radius 2 is 1.24 bits per heavy atom. The van der Waals surface area contributed by atoms with Gasteiger partial charge in [0.1, 0.15) is 0 Å². The molecule has 0 saturated carbocycles. The molecule has 0 aliphatic rings. The Bertz CT molecular complexity index is 1000. The van der Waals surface area contributed by atoms with Crippen LogP contribution in [0, 0.1) is 0 Å². The van der Waals surface area contributed by atoms with E-state index in [0.717, 1.165) is 12.1 Å². The van der Waals surface area contributed by atoms with E-state index in [0.29, 0.717) is 11.4 Å². The molecule has 5 nitrogen and oxygen atoms in total. The highest BCUT2D eigenvalue weighted by molar-refractivity contribution is 6.05. The van der Waals surface area contributed by atoms with Gasteiger partial charge in [-0.2, -0.15) is 13.2 Å². The number of benzene rings is 3. The molecule has 0 unspecified atom stereocenters. The van der Waals surface area contributed by atoms with Gasteiger partial charge in [0, 0.05) is 22.6 Å². The van der Waals surface area contributed by atoms with Crippen LogP contribution in [0.3, 0.4) is 0 Å². The lowest BCUT2D eigenvalue weighted by molar-refractivity contribution is -0.137. The summed E-state index contributed by atoms with van der Waals surface area (Å²) in [6, 6.07) is 18.8. The van der Waals surface area contributed by atoms with E-state index in [4.69, 9.17) is 0 Å². The quantitative estimate of drug-likeness (QED) is 0.534. The molecule has 0 radical (unpaired) electrons. The van der Waals surface area contributed by atoms with E-state index in [1.165, 1.54) is 36.4 Å². The number of amides is 3. The highest BCUT2D eigenvalue weighted by Crippen LogP contribution is 2.30. The van der Waals surface area contributed by atoms with Crippen LogP contribution in [0.1, 0.15) is 15.9 Å². The summed E-state index contributed by atoms with van der Waals surface area (Å²) in [6.07, 6.45) is -4.49. The van der Waals surface area contributed by atoms with Gasteiger partial charge >= 0.3 is 12.2 Å². The molecular weight excluding hydrogens is 383 g/mol. The van der Waals surface area contributed by atoms with E-state index in [9.17, 15) is 22.8 Å². The summed E-state index contributed by atoms with van der Waals surface area (Å²) in [5.74, 6) is -0.565. The minimum absolute atomic E-state index is 0.0364. The number of rotatable bonds is 4. The Kier molecular flexibility index (Phi) is 5.82. The fourth-order valence-electron chi connectivity index (χ4n) is 2.50. The van der Waals surface area contributed by atoms with Crippen LogP contribution in [0.4, 0.5) is 35.0 Å². The van der Waals surface area contributed by atoms with E-state index in [-0.39, 0.29) is 11.3 Å². The highest BCUT2D eigenvalue weighted by atomic mass is 19.4. The van der Waals surface area contributed by atoms with Crippen molar-refractivity contribution < 1.29 is 22.8 Å². The molecule has 0 fully saturated rings. The number of para-hydroxylation sites is 1. The van der Waals surface area contributed by atoms with Gasteiger partial charge in [0.2, 0.25) is 0 Å². The second-order valence-corrected chi connectivity index (χ2v) is 6.06. The molecule has 3 amide bonds. The third kappa shape index (κ3) is 5.58. The highest BCUT2D eigenvalue weighted by Gasteiger charge is 2.30. The summed E-state index contributed by atoms with van der Waals surface area (Å²) in [5, 5.41) is 7.71. The smallest absolute Gasteiger partial charge is 0.322 e. The molecule has 0 aliphatic carbocycles. The van der Waals surface area contributed by atoms with E-state index in [1.54, 1.807) is 24.3 Å². The van der Waals surface area contributed by atoms with Crippen LogP contribution in [-0.2, 0) is 6.18 Å². The van der Waals surface area contributed by atoms with Crippen LogP contribution in [0.2, 0.25) is 0 Å². The van der Waals surface area contributed by atoms with Crippen molar-refractivity contribution in [2.45, 2.75) is 6.18 Å². The van der Waals surface area contributed by atoms with Gasteiger partial charge in [0.05, 0.1) is 5.56 Å². The maximum absolute atomic E-state index is 12.8. The Morgan fingerprint density at radius 1 is 0.655 bits per heavy atom. The lowest BCUT2D eigenvalue weighted by Crippen LogP contribution is -2.19. The maximum Gasteiger partial charge on any atom is 0.416 e. The summed E-state index contributed by atoms with van der Waals surface area (Å²) in [7, 11) is 0. The lowest BCUT2D eigenvalue weighted by atomic mass is 10.1. The van der Waals surface area contributed by atoms with E-state index in [1.807, 2.05) is 6.07 Å². The number of hydrogen-bond donors (Lipinski definition) is 3. The van der Waals surface area contributed by atoms with Gasteiger partial charge in [-0.15, -0.1) is 0 Å². The standard InChI is InChI=1S/C21H16F3N3O2/c22-21(23,24)15-5-4-8-18(13-15)25-19(28)14-9-11-17(12-10-14)27-20(29)26-16-6-2-1-3-7-16/h1-13H,(H,25,28)(H2,26,27,29). The molecule has 3 aromatic rings. The normalized spacial score (nSPS) is 10.9. The Balaban J connectivity index is 1.61. The van der Waals surface area contributed by atoms with Crippen LogP contribution in [0.5, 0.6) is 0 Å². The van der Waals surface area contributed by atoms with Crippen LogP contribution in [-0.4, -0.2) is 11.9 Å². The number of carbonyl (C=O) groups is 2. The van der Waals surface area contributed by atoms with Crippen LogP contribution < -0.4 is 16.0 Å². The van der Waals surface area contributed by atoms with E-state index in [2.05, 4.69) is 16.0 Å². The Labute approximate surface area is 164 Å². The third-order valence-corrected chi connectivity index (χ3v) is 3.88. The first kappa shape index (κ1) is 19.9. The number of nitrogens with one attached hydrogen (secondary N) is 3. The molecule has 0 heterocycles. The number of urea groups is 1. The van der Waals surface area contributed by atoms with Gasteiger partial charge < -0.3 is 16.0 Å². The van der Waals surface area contributed by atoms with Gasteiger partial charge in [0.15, 0.2) is 0 Å². The van der Waals surface area contributed by atoms with Crippen molar-refractivity contribution in [3.63, 3.8) is 0 Å². The molecular formula is C21H16F3N3O2. The zero-order valence-electron chi connectivity index (χ0n) is 15.0. The summed E-state index contributed by atoms with van der Waals surface area (Å²) in [5.41, 5.74) is 0.501. The van der Waals surface area contributed by atoms with Crippen molar-refractivity contribution >= 4 is 29.0 Å². The first-order chi connectivity index (χ1) is 13.8. The number of carbonyl (C=O) groups excluding carboxylic acids is 2. The first-order valence-corrected chi connectivity index (χ1v) is 8.53. The molecule has 3 N–H and O–H groups in total. The SMILES string of the molecule is O=C(Nc1ccccc1)Nc1ccc(C(=O)Nc2cccc(C(F)(F)F)c2)cc1. The van der Waals surface area contributed by atoms with Gasteiger partial charge in [-0.1, -0.05) is 24.3 Å². The van der Waals surface area contributed by atoms with Crippen LogP contribution >= 0.6 is 0 Å². The minimum Gasteiger partial charge on any atom is -0.322 e. The zero-order valence-corrected chi connectivity index (χ0v) is 15.0. The van der Waals surface area contributed by atoms with E-state index >= 15 is 0 Å². The fourth-order valence-corrected chi connectivity index (χ4v) is 2.50. The second-order valence-electron chi connectivity index (χ2n) is 6.06. The zero-order chi connectivity index (χ0) is 20.9. The largest absolute Gasteiger partial charge is 0.416 e. The summed E-state index contributed by atoms with van der Waals surface area (Å²) >= 11 is 0. The van der Waals surface area contributed by atoms with Gasteiger partial charge in [-0.3, -0.25) is 4.79 Å². The average Bonchev–Trinajstić information content (AvgIpc) is 2.69. The van der Waals surface area contributed by atoms with Crippen LogP contribution in [0.15, 0.2) is 78.9 Å². The van der Waals surface area contributed by atoms with Crippen molar-refractivity contribution in [1.29, 1.82) is 0 Å². The summed E-state index contributed by atoms with van der Waals surface area (Å²) < 4.78 is 38.3. The molecule has 0 bridgehead atoms. The number of alkyl halides is 3. The molecule has 8 heteroatoms. The Morgan fingerprint density at radius 3 is 1.86 bits per heavy atom. The number of anilines is 3. The van der Waals surface area contributed by atoms with Crippen LogP contribution in [0.25, 0.3) is 0 Å². The molecule has 29 heavy (non-hydrogen) atoms. The monoisotopic (exact) mass is 399 g/mol. The molecule has 0 saturated heterocycles. The third-order valence-electron chi connectivity index (χ3n) is 3.88. The Hall–Kier alpha value is -3.81. The summed E-state index contributed by atoms with van der Waals surface area (Å²) in [4.78, 5) is 24.2. The lowest BCUT2D eigenvalue weighted by Gasteiger charge is -2.11. The van der Waals surface area contributed by atoms with E-state index < -0.39 is 23.7 Å². The van der Waals surface area contributed by atoms with Crippen molar-refractivity contribution in [1.82, 2.24) is 0 Å². The van der Waals surface area contributed by atoms with Crippen molar-refractivity contribution in [2.24, 2.45) is 0 Å². The van der Waals surface area contributed by atoms with Crippen molar-refractivity contribution in [3.8, 4) is 0 Å². The predicted molar refractivity (Wildman–Crippen MR) is 105 cm³/mol. The first-order valence-electron chi connectivity index (χ1n) is 8.53. The predicted octanol–water partition coefficient (Wildman–Crippen LogP) is 5.60. The minimum atomic E-state index is -4.49. The molecule has 0 aliphatic heterocycles. The van der Waals surface area contributed by atoms with Crippen molar-refractivity contribution in [3.05, 3.63) is 90.0 Å². The molecule has 0 spiro atoms. The molecule has 3 rings (SSSR count). The van der Waals surface area contributed by atoms with Gasteiger partial charge in [-0.25, -0.2) is 4.79 Å². The van der Waals surface area contributed by atoms with Gasteiger partial charge in [0.25, 0.3) is 5.91 Å². The van der Waals surface area contributed by atoms with Crippen molar-refractivity contribution in [2.75, 3.05) is 16.0 Å². The second kappa shape index (κ2) is 8.47.